The molecule has 0 radical (unpaired) electrons. The van der Waals surface area contributed by atoms with Crippen molar-refractivity contribution in [2.24, 2.45) is 0 Å². The van der Waals surface area contributed by atoms with Gasteiger partial charge in [-0.3, -0.25) is 4.79 Å². The van der Waals surface area contributed by atoms with Crippen LogP contribution in [0, 0.1) is 19.7 Å². The highest BCUT2D eigenvalue weighted by Crippen LogP contribution is 2.34. The molecule has 8 heteroatoms. The van der Waals surface area contributed by atoms with Crippen molar-refractivity contribution in [3.8, 4) is 0 Å². The van der Waals surface area contributed by atoms with Gasteiger partial charge < -0.3 is 19.5 Å². The predicted molar refractivity (Wildman–Crippen MR) is 140 cm³/mol. The first-order chi connectivity index (χ1) is 16.7. The van der Waals surface area contributed by atoms with Gasteiger partial charge in [0.05, 0.1) is 5.56 Å². The minimum Gasteiger partial charge on any atom is -0.369 e. The van der Waals surface area contributed by atoms with E-state index < -0.39 is 0 Å². The fourth-order valence-corrected chi connectivity index (χ4v) is 5.61. The van der Waals surface area contributed by atoms with Crippen LogP contribution in [-0.4, -0.2) is 52.9 Å². The monoisotopic (exact) mass is 499 g/mol. The number of benzene rings is 1. The lowest BCUT2D eigenvalue weighted by Gasteiger charge is -2.40. The van der Waals surface area contributed by atoms with Crippen LogP contribution in [0.25, 0.3) is 5.65 Å². The van der Waals surface area contributed by atoms with E-state index in [1.165, 1.54) is 6.07 Å². The number of carbonyl (C=O) groups excluding carboxylic acids is 1. The van der Waals surface area contributed by atoms with Gasteiger partial charge in [0.2, 0.25) is 0 Å². The van der Waals surface area contributed by atoms with Crippen molar-refractivity contribution < 1.29 is 9.18 Å². The molecule has 0 atom stereocenters. The van der Waals surface area contributed by atoms with Crippen LogP contribution < -0.4 is 10.2 Å². The van der Waals surface area contributed by atoms with Gasteiger partial charge in [-0.05, 0) is 84.3 Å². The van der Waals surface area contributed by atoms with Crippen LogP contribution in [0.5, 0.6) is 0 Å². The summed E-state index contributed by atoms with van der Waals surface area (Å²) in [6.45, 7) is 6.82. The summed E-state index contributed by atoms with van der Waals surface area (Å²) in [5.74, 6) is -0.654. The summed E-state index contributed by atoms with van der Waals surface area (Å²) in [6.07, 6.45) is 7.95. The Morgan fingerprint density at radius 1 is 1.17 bits per heavy atom. The predicted octanol–water partition coefficient (Wildman–Crippen LogP) is 5.37. The topological polar surface area (TPSA) is 52.9 Å². The van der Waals surface area contributed by atoms with Crippen LogP contribution in [0.3, 0.4) is 0 Å². The molecule has 2 aromatic heterocycles. The molecule has 1 saturated carbocycles. The van der Waals surface area contributed by atoms with Gasteiger partial charge >= 0.3 is 0 Å². The van der Waals surface area contributed by atoms with Crippen molar-refractivity contribution in [2.45, 2.75) is 65.1 Å². The van der Waals surface area contributed by atoms with Gasteiger partial charge in [-0.1, -0.05) is 11.6 Å². The smallest absolute Gasteiger partial charge is 0.251 e. The van der Waals surface area contributed by atoms with Crippen LogP contribution in [0.4, 0.5) is 10.1 Å². The Bertz CT molecular complexity index is 1220. The molecule has 1 N–H and O–H groups in total. The van der Waals surface area contributed by atoms with E-state index >= 15 is 0 Å². The Balaban J connectivity index is 1.56. The molecule has 0 unspecified atom stereocenters. The normalized spacial score (nSPS) is 18.3. The summed E-state index contributed by atoms with van der Waals surface area (Å²) < 4.78 is 16.5. The lowest BCUT2D eigenvalue weighted by Crippen LogP contribution is -2.42. The molecule has 2 heterocycles. The maximum absolute atomic E-state index is 14.7. The van der Waals surface area contributed by atoms with Gasteiger partial charge in [-0.2, -0.15) is 0 Å². The first kappa shape index (κ1) is 25.5. The molecule has 188 valence electrons. The number of halogens is 2. The number of fused-ring (bicyclic) bond motifs is 1. The van der Waals surface area contributed by atoms with Gasteiger partial charge in [-0.25, -0.2) is 9.37 Å². The lowest BCUT2D eigenvalue weighted by molar-refractivity contribution is 0.0950. The zero-order valence-corrected chi connectivity index (χ0v) is 22.0. The fourth-order valence-electron chi connectivity index (χ4n) is 5.40. The van der Waals surface area contributed by atoms with E-state index in [9.17, 15) is 9.18 Å². The van der Waals surface area contributed by atoms with Gasteiger partial charge in [0.15, 0.2) is 0 Å². The third-order valence-electron chi connectivity index (χ3n) is 7.42. The van der Waals surface area contributed by atoms with E-state index in [1.807, 2.05) is 24.3 Å². The maximum Gasteiger partial charge on any atom is 0.251 e. The average molecular weight is 500 g/mol. The first-order valence-corrected chi connectivity index (χ1v) is 12.7. The zero-order chi connectivity index (χ0) is 25.3. The summed E-state index contributed by atoms with van der Waals surface area (Å²) in [6, 6.07) is 6.16. The van der Waals surface area contributed by atoms with Crippen molar-refractivity contribution in [2.75, 3.05) is 25.5 Å². The highest BCUT2D eigenvalue weighted by atomic mass is 35.5. The molecule has 1 amide bonds. The molecule has 0 bridgehead atoms. The third-order valence-corrected chi connectivity index (χ3v) is 7.64. The van der Waals surface area contributed by atoms with Crippen molar-refractivity contribution in [3.63, 3.8) is 0 Å². The number of hydrogen-bond donors (Lipinski definition) is 1. The number of amides is 1. The number of aryl methyl sites for hydroxylation is 1. The number of hydrogen-bond acceptors (Lipinski definition) is 4. The summed E-state index contributed by atoms with van der Waals surface area (Å²) in [7, 11) is 4.29. The number of imidazole rings is 1. The Morgan fingerprint density at radius 2 is 1.86 bits per heavy atom. The Kier molecular flexibility index (Phi) is 7.67. The molecule has 0 aliphatic heterocycles. The first-order valence-electron chi connectivity index (χ1n) is 12.3. The minimum absolute atomic E-state index is 0.0405. The van der Waals surface area contributed by atoms with Crippen molar-refractivity contribution >= 4 is 28.8 Å². The highest BCUT2D eigenvalue weighted by Gasteiger charge is 2.28. The zero-order valence-electron chi connectivity index (χ0n) is 21.2. The van der Waals surface area contributed by atoms with Gasteiger partial charge in [0.25, 0.3) is 5.91 Å². The molecule has 3 aromatic rings. The highest BCUT2D eigenvalue weighted by molar-refractivity contribution is 6.31. The van der Waals surface area contributed by atoms with E-state index in [-0.39, 0.29) is 18.3 Å². The number of pyridine rings is 1. The molecule has 1 fully saturated rings. The van der Waals surface area contributed by atoms with Crippen molar-refractivity contribution in [1.29, 1.82) is 0 Å². The van der Waals surface area contributed by atoms with Crippen LogP contribution in [0.15, 0.2) is 30.6 Å². The second kappa shape index (κ2) is 10.5. The quantitative estimate of drug-likeness (QED) is 0.474. The summed E-state index contributed by atoms with van der Waals surface area (Å²) in [5.41, 5.74) is 4.02. The van der Waals surface area contributed by atoms with Crippen LogP contribution >= 0.6 is 11.6 Å². The standard InChI is InChI=1S/C27H35ClFN5O/c1-6-33(21-9-7-20(8-10-21)32(4)5)25-15-19(28)14-22(18(25)3)27(35)31-16-23-24(29)13-17(2)34-12-11-30-26(23)34/h11-15,20-21H,6-10,16H2,1-5H3,(H,31,35)/t20-,21-. The number of aromatic nitrogens is 2. The summed E-state index contributed by atoms with van der Waals surface area (Å²) >= 11 is 6.51. The molecular formula is C27H35ClFN5O. The second-order valence-electron chi connectivity index (χ2n) is 9.73. The third kappa shape index (κ3) is 5.16. The molecule has 1 aromatic carbocycles. The molecule has 0 spiro atoms. The number of nitrogens with one attached hydrogen (secondary N) is 1. The van der Waals surface area contributed by atoms with Crippen LogP contribution in [0.1, 0.15) is 59.8 Å². The van der Waals surface area contributed by atoms with E-state index in [1.54, 1.807) is 18.5 Å². The van der Waals surface area contributed by atoms with E-state index in [0.717, 1.165) is 49.2 Å². The number of nitrogens with zero attached hydrogens (tertiary/aromatic N) is 4. The maximum atomic E-state index is 14.7. The van der Waals surface area contributed by atoms with Gasteiger partial charge in [-0.15, -0.1) is 0 Å². The molecule has 4 rings (SSSR count). The molecule has 6 nitrogen and oxygen atoms in total. The van der Waals surface area contributed by atoms with Crippen LogP contribution in [-0.2, 0) is 6.54 Å². The SMILES string of the molecule is CCN(c1cc(Cl)cc(C(=O)NCc2c(F)cc(C)n3ccnc23)c1C)[C@H]1CC[C@H](N(C)C)CC1. The Hall–Kier alpha value is -2.64. The largest absolute Gasteiger partial charge is 0.369 e. The summed E-state index contributed by atoms with van der Waals surface area (Å²) in [5, 5.41) is 3.41. The number of carbonyl (C=O) groups is 1. The van der Waals surface area contributed by atoms with E-state index in [2.05, 4.69) is 41.1 Å². The molecule has 1 aliphatic rings. The van der Waals surface area contributed by atoms with Gasteiger partial charge in [0, 0.05) is 59.5 Å². The molecular weight excluding hydrogens is 465 g/mol. The Labute approximate surface area is 212 Å². The number of rotatable bonds is 7. The lowest BCUT2D eigenvalue weighted by atomic mass is 9.89. The van der Waals surface area contributed by atoms with E-state index in [4.69, 9.17) is 11.6 Å². The molecule has 1 aliphatic carbocycles. The van der Waals surface area contributed by atoms with Crippen LogP contribution in [0.2, 0.25) is 5.02 Å². The Morgan fingerprint density at radius 3 is 2.51 bits per heavy atom. The van der Waals surface area contributed by atoms with Crippen molar-refractivity contribution in [1.82, 2.24) is 19.6 Å². The minimum atomic E-state index is -0.379. The summed E-state index contributed by atoms with van der Waals surface area (Å²) in [4.78, 5) is 22.2. The molecule has 0 saturated heterocycles. The number of anilines is 1. The molecule has 35 heavy (non-hydrogen) atoms. The fraction of sp³-hybridized carbons (Fsp3) is 0.481. The van der Waals surface area contributed by atoms with Crippen molar-refractivity contribution in [3.05, 3.63) is 63.8 Å². The average Bonchev–Trinajstić information content (AvgIpc) is 3.32. The van der Waals surface area contributed by atoms with Gasteiger partial charge in [0.1, 0.15) is 11.5 Å². The second-order valence-corrected chi connectivity index (χ2v) is 10.2. The van der Waals surface area contributed by atoms with E-state index in [0.29, 0.717) is 33.9 Å².